The van der Waals surface area contributed by atoms with Gasteiger partial charge in [-0.25, -0.2) is 8.42 Å². The fourth-order valence-corrected chi connectivity index (χ4v) is 4.78. The van der Waals surface area contributed by atoms with Gasteiger partial charge in [-0.1, -0.05) is 40.2 Å². The zero-order chi connectivity index (χ0) is 25.5. The van der Waals surface area contributed by atoms with Crippen molar-refractivity contribution in [3.8, 4) is 0 Å². The van der Waals surface area contributed by atoms with Crippen LogP contribution >= 0.6 is 15.9 Å². The summed E-state index contributed by atoms with van der Waals surface area (Å²) < 4.78 is 27.0. The number of hydrogen-bond donors (Lipinski definition) is 1. The van der Waals surface area contributed by atoms with Crippen molar-refractivity contribution in [2.24, 2.45) is 0 Å². The van der Waals surface area contributed by atoms with Crippen molar-refractivity contribution in [1.82, 2.24) is 10.2 Å². The number of anilines is 1. The highest BCUT2D eigenvalue weighted by molar-refractivity contribution is 9.10. The second kappa shape index (κ2) is 12.4. The molecule has 0 spiro atoms. The van der Waals surface area contributed by atoms with Gasteiger partial charge in [-0.2, -0.15) is 0 Å². The lowest BCUT2D eigenvalue weighted by Crippen LogP contribution is -2.49. The van der Waals surface area contributed by atoms with E-state index in [4.69, 9.17) is 0 Å². The molecule has 0 bridgehead atoms. The Labute approximate surface area is 211 Å². The Morgan fingerprint density at radius 3 is 2.26 bits per heavy atom. The smallest absolute Gasteiger partial charge is 0.242 e. The van der Waals surface area contributed by atoms with Gasteiger partial charge in [-0.05, 0) is 69.5 Å². The van der Waals surface area contributed by atoms with E-state index < -0.39 is 16.1 Å². The lowest BCUT2D eigenvalue weighted by molar-refractivity contribution is -0.140. The molecular weight excluding hydrogens is 518 g/mol. The van der Waals surface area contributed by atoms with Crippen LogP contribution in [0.15, 0.2) is 53.0 Å². The number of amides is 2. The number of rotatable bonds is 11. The zero-order valence-corrected chi connectivity index (χ0v) is 22.8. The van der Waals surface area contributed by atoms with E-state index in [2.05, 4.69) is 21.2 Å². The lowest BCUT2D eigenvalue weighted by Gasteiger charge is -2.30. The van der Waals surface area contributed by atoms with Gasteiger partial charge in [0.05, 0.1) is 11.9 Å². The van der Waals surface area contributed by atoms with Crippen LogP contribution in [0.4, 0.5) is 5.69 Å². The molecule has 2 aromatic rings. The molecule has 0 radical (unpaired) electrons. The SMILES string of the molecule is Cc1cccc(N(CCCC(=O)N(Cc2ccc(Br)cc2)[C@@H](C)C(=O)NC(C)C)S(C)(=O)=O)c1. The van der Waals surface area contributed by atoms with Crippen molar-refractivity contribution < 1.29 is 18.0 Å². The van der Waals surface area contributed by atoms with Crippen molar-refractivity contribution in [3.05, 3.63) is 64.1 Å². The van der Waals surface area contributed by atoms with Crippen molar-refractivity contribution in [1.29, 1.82) is 0 Å². The quantitative estimate of drug-likeness (QED) is 0.452. The molecule has 0 unspecified atom stereocenters. The van der Waals surface area contributed by atoms with Gasteiger partial charge < -0.3 is 10.2 Å². The predicted molar refractivity (Wildman–Crippen MR) is 140 cm³/mol. The van der Waals surface area contributed by atoms with Crippen LogP contribution in [-0.2, 0) is 26.2 Å². The molecule has 0 saturated heterocycles. The number of nitrogens with zero attached hydrogens (tertiary/aromatic N) is 2. The number of hydrogen-bond acceptors (Lipinski definition) is 4. The summed E-state index contributed by atoms with van der Waals surface area (Å²) in [4.78, 5) is 27.5. The molecule has 0 saturated carbocycles. The summed E-state index contributed by atoms with van der Waals surface area (Å²) >= 11 is 3.41. The van der Waals surface area contributed by atoms with E-state index in [9.17, 15) is 18.0 Å². The molecule has 0 aliphatic heterocycles. The molecule has 34 heavy (non-hydrogen) atoms. The molecule has 2 aromatic carbocycles. The fraction of sp³-hybridized carbons (Fsp3) is 0.440. The third-order valence-electron chi connectivity index (χ3n) is 5.31. The molecule has 0 fully saturated rings. The summed E-state index contributed by atoms with van der Waals surface area (Å²) in [5.74, 6) is -0.426. The van der Waals surface area contributed by atoms with Crippen molar-refractivity contribution in [2.45, 2.75) is 59.2 Å². The number of carbonyl (C=O) groups excluding carboxylic acids is 2. The first-order valence-corrected chi connectivity index (χ1v) is 13.9. The summed E-state index contributed by atoms with van der Waals surface area (Å²) in [5, 5.41) is 2.87. The first-order valence-electron chi connectivity index (χ1n) is 11.3. The van der Waals surface area contributed by atoms with Crippen LogP contribution in [0.3, 0.4) is 0 Å². The van der Waals surface area contributed by atoms with Crippen LogP contribution in [0.5, 0.6) is 0 Å². The summed E-state index contributed by atoms with van der Waals surface area (Å²) in [6.45, 7) is 7.81. The van der Waals surface area contributed by atoms with Crippen LogP contribution in [-0.4, -0.2) is 50.0 Å². The van der Waals surface area contributed by atoms with Gasteiger partial charge in [0, 0.05) is 30.0 Å². The Morgan fingerprint density at radius 2 is 1.71 bits per heavy atom. The zero-order valence-electron chi connectivity index (χ0n) is 20.4. The Balaban J connectivity index is 2.16. The molecule has 1 N–H and O–H groups in total. The number of sulfonamides is 1. The minimum absolute atomic E-state index is 0.0442. The summed E-state index contributed by atoms with van der Waals surface area (Å²) in [5.41, 5.74) is 2.43. The van der Waals surface area contributed by atoms with Crippen LogP contribution in [0.25, 0.3) is 0 Å². The third-order valence-corrected chi connectivity index (χ3v) is 7.03. The van der Waals surface area contributed by atoms with Crippen molar-refractivity contribution in [3.63, 3.8) is 0 Å². The number of carbonyl (C=O) groups is 2. The van der Waals surface area contributed by atoms with Crippen molar-refractivity contribution in [2.75, 3.05) is 17.1 Å². The van der Waals surface area contributed by atoms with E-state index in [1.165, 1.54) is 4.31 Å². The van der Waals surface area contributed by atoms with E-state index in [0.717, 1.165) is 21.9 Å². The molecule has 0 aromatic heterocycles. The highest BCUT2D eigenvalue weighted by Crippen LogP contribution is 2.20. The largest absolute Gasteiger partial charge is 0.352 e. The molecule has 1 atom stereocenters. The Kier molecular flexibility index (Phi) is 10.1. The Hall–Kier alpha value is -2.39. The van der Waals surface area contributed by atoms with Gasteiger partial charge in [0.15, 0.2) is 0 Å². The summed E-state index contributed by atoms with van der Waals surface area (Å²) in [6.07, 6.45) is 1.61. The summed E-state index contributed by atoms with van der Waals surface area (Å²) in [7, 11) is -3.51. The molecule has 7 nitrogen and oxygen atoms in total. The molecule has 2 rings (SSSR count). The second-order valence-corrected chi connectivity index (χ2v) is 11.6. The van der Waals surface area contributed by atoms with E-state index in [0.29, 0.717) is 12.1 Å². The van der Waals surface area contributed by atoms with Gasteiger partial charge in [-0.15, -0.1) is 0 Å². The normalized spacial score (nSPS) is 12.3. The maximum absolute atomic E-state index is 13.2. The highest BCUT2D eigenvalue weighted by Gasteiger charge is 2.27. The lowest BCUT2D eigenvalue weighted by atomic mass is 10.1. The van der Waals surface area contributed by atoms with E-state index in [1.54, 1.807) is 24.0 Å². The topological polar surface area (TPSA) is 86.8 Å². The van der Waals surface area contributed by atoms with E-state index in [1.807, 2.05) is 57.2 Å². The number of nitrogens with one attached hydrogen (secondary N) is 1. The van der Waals surface area contributed by atoms with Gasteiger partial charge in [0.1, 0.15) is 6.04 Å². The van der Waals surface area contributed by atoms with Crippen LogP contribution in [0.1, 0.15) is 44.7 Å². The highest BCUT2D eigenvalue weighted by atomic mass is 79.9. The number of benzene rings is 2. The molecule has 0 aliphatic rings. The van der Waals surface area contributed by atoms with Gasteiger partial charge in [0.25, 0.3) is 0 Å². The Bertz CT molecular complexity index is 1090. The van der Waals surface area contributed by atoms with Crippen molar-refractivity contribution >= 4 is 43.5 Å². The maximum atomic E-state index is 13.2. The molecular formula is C25H34BrN3O4S. The Morgan fingerprint density at radius 1 is 1.06 bits per heavy atom. The molecule has 9 heteroatoms. The summed E-state index contributed by atoms with van der Waals surface area (Å²) in [6, 6.07) is 14.1. The van der Waals surface area contributed by atoms with E-state index in [-0.39, 0.29) is 37.4 Å². The molecule has 186 valence electrons. The molecule has 0 aliphatic carbocycles. The first-order chi connectivity index (χ1) is 15.9. The van der Waals surface area contributed by atoms with Crippen LogP contribution in [0, 0.1) is 6.92 Å². The molecule has 0 heterocycles. The van der Waals surface area contributed by atoms with Gasteiger partial charge >= 0.3 is 0 Å². The minimum Gasteiger partial charge on any atom is -0.352 e. The second-order valence-electron chi connectivity index (χ2n) is 8.77. The maximum Gasteiger partial charge on any atom is 0.242 e. The minimum atomic E-state index is -3.51. The third kappa shape index (κ3) is 8.43. The molecule has 2 amide bonds. The number of aryl methyl sites for hydroxylation is 1. The average molecular weight is 553 g/mol. The van der Waals surface area contributed by atoms with Crippen LogP contribution in [0.2, 0.25) is 0 Å². The fourth-order valence-electron chi connectivity index (χ4n) is 3.56. The average Bonchev–Trinajstić information content (AvgIpc) is 2.74. The standard InChI is InChI=1S/C25H34BrN3O4S/c1-18(2)27-25(31)20(4)28(17-21-11-13-22(26)14-12-21)24(30)10-7-15-29(34(5,32)33)23-9-6-8-19(3)16-23/h6,8-9,11-14,16,18,20H,7,10,15,17H2,1-5H3,(H,27,31)/t20-/m0/s1. The van der Waals surface area contributed by atoms with Crippen LogP contribution < -0.4 is 9.62 Å². The van der Waals surface area contributed by atoms with Gasteiger partial charge in [-0.3, -0.25) is 13.9 Å². The monoisotopic (exact) mass is 551 g/mol. The first kappa shape index (κ1) is 27.9. The van der Waals surface area contributed by atoms with E-state index >= 15 is 0 Å². The van der Waals surface area contributed by atoms with Gasteiger partial charge in [0.2, 0.25) is 21.8 Å². The number of halogens is 1. The predicted octanol–water partition coefficient (Wildman–Crippen LogP) is 4.25.